The number of rotatable bonds is 8. The van der Waals surface area contributed by atoms with Crippen molar-refractivity contribution in [2.75, 3.05) is 24.7 Å². The molecule has 0 spiro atoms. The highest BCUT2D eigenvalue weighted by molar-refractivity contribution is 7.91. The lowest BCUT2D eigenvalue weighted by Crippen LogP contribution is -2.16. The molecule has 0 aliphatic rings. The van der Waals surface area contributed by atoms with Gasteiger partial charge in [-0.2, -0.15) is 0 Å². The van der Waals surface area contributed by atoms with E-state index >= 15 is 0 Å². The van der Waals surface area contributed by atoms with Crippen molar-refractivity contribution in [2.24, 2.45) is 5.73 Å². The van der Waals surface area contributed by atoms with Gasteiger partial charge in [0.05, 0.1) is 18.1 Å². The monoisotopic (exact) mass is 271 g/mol. The van der Waals surface area contributed by atoms with Crippen molar-refractivity contribution in [3.05, 3.63) is 29.8 Å². The Morgan fingerprint density at radius 3 is 2.61 bits per heavy atom. The van der Waals surface area contributed by atoms with Crippen LogP contribution in [0.5, 0.6) is 5.75 Å². The Hall–Kier alpha value is -1.07. The van der Waals surface area contributed by atoms with Crippen LogP contribution in [0.1, 0.15) is 18.4 Å². The number of ether oxygens (including phenoxy) is 1. The van der Waals surface area contributed by atoms with Gasteiger partial charge in [0.15, 0.2) is 0 Å². The summed E-state index contributed by atoms with van der Waals surface area (Å²) in [6.45, 7) is 2.83. The molecule has 0 unspecified atom stereocenters. The van der Waals surface area contributed by atoms with Crippen molar-refractivity contribution in [2.45, 2.75) is 19.8 Å². The molecule has 1 aromatic carbocycles. The maximum Gasteiger partial charge on any atom is 0.150 e. The average Bonchev–Trinajstić information content (AvgIpc) is 2.32. The minimum Gasteiger partial charge on any atom is -0.494 e. The molecule has 2 N–H and O–H groups in total. The van der Waals surface area contributed by atoms with E-state index in [1.165, 1.54) is 0 Å². The lowest BCUT2D eigenvalue weighted by atomic mass is 10.2. The number of hydrogen-bond acceptors (Lipinski definition) is 4. The van der Waals surface area contributed by atoms with E-state index in [2.05, 4.69) is 0 Å². The van der Waals surface area contributed by atoms with Crippen molar-refractivity contribution >= 4 is 9.84 Å². The van der Waals surface area contributed by atoms with E-state index < -0.39 is 9.84 Å². The molecular formula is C13H21NO3S. The molecule has 18 heavy (non-hydrogen) atoms. The first-order chi connectivity index (χ1) is 8.53. The van der Waals surface area contributed by atoms with E-state index in [9.17, 15) is 8.42 Å². The molecule has 0 saturated carbocycles. The van der Waals surface area contributed by atoms with Crippen molar-refractivity contribution in [1.82, 2.24) is 0 Å². The van der Waals surface area contributed by atoms with Crippen LogP contribution in [-0.2, 0) is 9.84 Å². The molecule has 1 rings (SSSR count). The quantitative estimate of drug-likeness (QED) is 0.728. The summed E-state index contributed by atoms with van der Waals surface area (Å²) in [5.74, 6) is 1.13. The molecule has 4 nitrogen and oxygen atoms in total. The maximum atomic E-state index is 11.5. The van der Waals surface area contributed by atoms with Crippen LogP contribution in [0.4, 0.5) is 0 Å². The van der Waals surface area contributed by atoms with Gasteiger partial charge in [-0.15, -0.1) is 0 Å². The zero-order valence-electron chi connectivity index (χ0n) is 10.8. The summed E-state index contributed by atoms with van der Waals surface area (Å²) >= 11 is 0. The minimum atomic E-state index is -2.97. The van der Waals surface area contributed by atoms with Crippen molar-refractivity contribution in [1.29, 1.82) is 0 Å². The van der Waals surface area contributed by atoms with Crippen LogP contribution in [0.3, 0.4) is 0 Å². The first kappa shape index (κ1) is 15.0. The van der Waals surface area contributed by atoms with Crippen LogP contribution in [0.15, 0.2) is 24.3 Å². The van der Waals surface area contributed by atoms with E-state index in [-0.39, 0.29) is 11.5 Å². The first-order valence-corrected chi connectivity index (χ1v) is 7.95. The minimum absolute atomic E-state index is 0.165. The van der Waals surface area contributed by atoms with Crippen molar-refractivity contribution in [3.63, 3.8) is 0 Å². The van der Waals surface area contributed by atoms with Gasteiger partial charge in [0.2, 0.25) is 0 Å². The third-order valence-corrected chi connectivity index (χ3v) is 4.34. The van der Waals surface area contributed by atoms with Crippen LogP contribution < -0.4 is 10.5 Å². The SMILES string of the molecule is Cc1cccc(OCCCS(=O)(=O)CCCN)c1. The Morgan fingerprint density at radius 2 is 1.94 bits per heavy atom. The van der Waals surface area contributed by atoms with E-state index in [0.29, 0.717) is 26.0 Å². The highest BCUT2D eigenvalue weighted by Gasteiger charge is 2.09. The molecular weight excluding hydrogens is 250 g/mol. The van der Waals surface area contributed by atoms with Crippen LogP contribution >= 0.6 is 0 Å². The Bertz CT molecular complexity index is 457. The molecule has 0 atom stereocenters. The summed E-state index contributed by atoms with van der Waals surface area (Å²) in [7, 11) is -2.97. The molecule has 1 aromatic rings. The molecule has 0 aliphatic carbocycles. The van der Waals surface area contributed by atoms with Crippen LogP contribution in [0.25, 0.3) is 0 Å². The molecule has 0 amide bonds. The largest absolute Gasteiger partial charge is 0.494 e. The fourth-order valence-electron chi connectivity index (χ4n) is 1.58. The Morgan fingerprint density at radius 1 is 1.22 bits per heavy atom. The Balaban J connectivity index is 2.26. The molecule has 5 heteroatoms. The van der Waals surface area contributed by atoms with E-state index in [1.54, 1.807) is 0 Å². The summed E-state index contributed by atoms with van der Waals surface area (Å²) in [5, 5.41) is 0. The molecule has 0 fully saturated rings. The second kappa shape index (κ2) is 7.38. The lowest BCUT2D eigenvalue weighted by molar-refractivity contribution is 0.317. The number of nitrogens with two attached hydrogens (primary N) is 1. The highest BCUT2D eigenvalue weighted by atomic mass is 32.2. The molecule has 102 valence electrons. The lowest BCUT2D eigenvalue weighted by Gasteiger charge is -2.07. The van der Waals surface area contributed by atoms with Crippen LogP contribution in [0, 0.1) is 6.92 Å². The van der Waals surface area contributed by atoms with Gasteiger partial charge in [0, 0.05) is 0 Å². The average molecular weight is 271 g/mol. The summed E-state index contributed by atoms with van der Waals surface area (Å²) in [5.41, 5.74) is 6.42. The molecule has 0 saturated heterocycles. The number of sulfone groups is 1. The second-order valence-electron chi connectivity index (χ2n) is 4.31. The maximum absolute atomic E-state index is 11.5. The van der Waals surface area contributed by atoms with Gasteiger partial charge in [0.25, 0.3) is 0 Å². The van der Waals surface area contributed by atoms with E-state index in [1.807, 2.05) is 31.2 Å². The Kier molecular flexibility index (Phi) is 6.15. The number of aryl methyl sites for hydroxylation is 1. The Labute approximate surface area is 109 Å². The van der Waals surface area contributed by atoms with Crippen molar-refractivity contribution in [3.8, 4) is 5.75 Å². The topological polar surface area (TPSA) is 69.4 Å². The van der Waals surface area contributed by atoms with Crippen LogP contribution in [-0.4, -0.2) is 33.1 Å². The van der Waals surface area contributed by atoms with E-state index in [0.717, 1.165) is 11.3 Å². The third kappa shape index (κ3) is 6.02. The molecule has 0 aliphatic heterocycles. The second-order valence-corrected chi connectivity index (χ2v) is 6.62. The summed E-state index contributed by atoms with van der Waals surface area (Å²) < 4.78 is 28.6. The number of hydrogen-bond donors (Lipinski definition) is 1. The molecule has 0 bridgehead atoms. The van der Waals surface area contributed by atoms with Crippen molar-refractivity contribution < 1.29 is 13.2 Å². The number of benzene rings is 1. The van der Waals surface area contributed by atoms with Gasteiger partial charge in [-0.3, -0.25) is 0 Å². The first-order valence-electron chi connectivity index (χ1n) is 6.13. The van der Waals surface area contributed by atoms with Gasteiger partial charge in [-0.05, 0) is 44.0 Å². The standard InChI is InChI=1S/C13H21NO3S/c1-12-5-2-6-13(11-12)17-8-4-10-18(15,16)9-3-7-14/h2,5-6,11H,3-4,7-10,14H2,1H3. The van der Waals surface area contributed by atoms with E-state index in [4.69, 9.17) is 10.5 Å². The summed E-state index contributed by atoms with van der Waals surface area (Å²) in [6, 6.07) is 7.71. The van der Waals surface area contributed by atoms with Gasteiger partial charge < -0.3 is 10.5 Å². The summed E-state index contributed by atoms with van der Waals surface area (Å²) in [4.78, 5) is 0. The zero-order chi connectivity index (χ0) is 13.4. The fourth-order valence-corrected chi connectivity index (χ4v) is 2.95. The predicted molar refractivity (Wildman–Crippen MR) is 73.6 cm³/mol. The zero-order valence-corrected chi connectivity index (χ0v) is 11.6. The third-order valence-electron chi connectivity index (χ3n) is 2.52. The fraction of sp³-hybridized carbons (Fsp3) is 0.538. The van der Waals surface area contributed by atoms with Gasteiger partial charge in [-0.25, -0.2) is 8.42 Å². The van der Waals surface area contributed by atoms with Gasteiger partial charge in [-0.1, -0.05) is 12.1 Å². The predicted octanol–water partition coefficient (Wildman–Crippen LogP) is 1.53. The summed E-state index contributed by atoms with van der Waals surface area (Å²) in [6.07, 6.45) is 1.04. The molecule has 0 aromatic heterocycles. The van der Waals surface area contributed by atoms with Gasteiger partial charge in [0.1, 0.15) is 15.6 Å². The molecule has 0 radical (unpaired) electrons. The van der Waals surface area contributed by atoms with Crippen LogP contribution in [0.2, 0.25) is 0 Å². The highest BCUT2D eigenvalue weighted by Crippen LogP contribution is 2.12. The van der Waals surface area contributed by atoms with Gasteiger partial charge >= 0.3 is 0 Å². The normalized spacial score (nSPS) is 11.4. The molecule has 0 heterocycles. The smallest absolute Gasteiger partial charge is 0.150 e.